The van der Waals surface area contributed by atoms with E-state index in [2.05, 4.69) is 20.5 Å². The molecular weight excluding hydrogens is 382 g/mol. The lowest BCUT2D eigenvalue weighted by Crippen LogP contribution is -2.50. The summed E-state index contributed by atoms with van der Waals surface area (Å²) in [5, 5.41) is 9.79. The van der Waals surface area contributed by atoms with E-state index in [9.17, 15) is 13.6 Å². The van der Waals surface area contributed by atoms with Gasteiger partial charge in [0.15, 0.2) is 5.82 Å². The van der Waals surface area contributed by atoms with E-state index in [4.69, 9.17) is 4.74 Å². The van der Waals surface area contributed by atoms with E-state index in [-0.39, 0.29) is 11.7 Å². The topological polar surface area (TPSA) is 86.4 Å². The van der Waals surface area contributed by atoms with Gasteiger partial charge in [0, 0.05) is 43.5 Å². The normalized spacial score (nSPS) is 15.0. The van der Waals surface area contributed by atoms with Gasteiger partial charge in [0.1, 0.15) is 17.2 Å². The molecule has 1 amide bonds. The van der Waals surface area contributed by atoms with Crippen molar-refractivity contribution in [1.82, 2.24) is 20.1 Å². The molecular formula is C19H26F2N6O2. The molecule has 1 fully saturated rings. The molecule has 1 saturated heterocycles. The zero-order chi connectivity index (χ0) is 21.2. The van der Waals surface area contributed by atoms with Crippen LogP contribution in [0.1, 0.15) is 38.5 Å². The number of alkyl halides is 2. The van der Waals surface area contributed by atoms with Gasteiger partial charge in [-0.1, -0.05) is 0 Å². The Balaban J connectivity index is 1.72. The average Bonchev–Trinajstić information content (AvgIpc) is 3.05. The van der Waals surface area contributed by atoms with E-state index < -0.39 is 12.0 Å². The fourth-order valence-electron chi connectivity index (χ4n) is 2.95. The first-order valence-electron chi connectivity index (χ1n) is 9.43. The minimum absolute atomic E-state index is 0.126. The Morgan fingerprint density at radius 1 is 1.17 bits per heavy atom. The molecule has 0 bridgehead atoms. The maximum absolute atomic E-state index is 13.4. The van der Waals surface area contributed by atoms with Crippen LogP contribution < -0.4 is 10.2 Å². The van der Waals surface area contributed by atoms with Crippen LogP contribution in [-0.2, 0) is 4.74 Å². The Labute approximate surface area is 168 Å². The minimum atomic E-state index is -2.62. The maximum atomic E-state index is 13.4. The third-order valence-corrected chi connectivity index (χ3v) is 4.30. The fraction of sp³-hybridized carbons (Fsp3) is 0.526. The molecule has 2 aromatic rings. The molecule has 0 radical (unpaired) electrons. The van der Waals surface area contributed by atoms with E-state index in [1.165, 1.54) is 12.1 Å². The van der Waals surface area contributed by atoms with Gasteiger partial charge < -0.3 is 19.9 Å². The summed E-state index contributed by atoms with van der Waals surface area (Å²) in [6, 6.07) is 4.46. The number of pyridine rings is 1. The monoisotopic (exact) mass is 408 g/mol. The lowest BCUT2D eigenvalue weighted by Gasteiger charge is -2.36. The van der Waals surface area contributed by atoms with Gasteiger partial charge in [-0.2, -0.15) is 5.10 Å². The van der Waals surface area contributed by atoms with Crippen molar-refractivity contribution in [2.24, 2.45) is 0 Å². The minimum Gasteiger partial charge on any atom is -0.444 e. The number of H-pyrrole nitrogens is 1. The largest absolute Gasteiger partial charge is 0.444 e. The molecule has 0 aliphatic carbocycles. The molecule has 0 unspecified atom stereocenters. The molecule has 0 atom stereocenters. The van der Waals surface area contributed by atoms with Crippen molar-refractivity contribution < 1.29 is 18.3 Å². The molecule has 3 heterocycles. The molecule has 2 N–H and O–H groups in total. The van der Waals surface area contributed by atoms with Gasteiger partial charge in [-0.3, -0.25) is 5.10 Å². The number of amides is 1. The smallest absolute Gasteiger partial charge is 0.410 e. The molecule has 0 saturated carbocycles. The van der Waals surface area contributed by atoms with Crippen LogP contribution in [0.25, 0.3) is 0 Å². The summed E-state index contributed by atoms with van der Waals surface area (Å²) in [5.41, 5.74) is 0.155. The number of rotatable bonds is 4. The molecule has 2 aromatic heterocycles. The summed E-state index contributed by atoms with van der Waals surface area (Å²) >= 11 is 0. The van der Waals surface area contributed by atoms with Crippen LogP contribution in [0.4, 0.5) is 31.0 Å². The van der Waals surface area contributed by atoms with Gasteiger partial charge >= 0.3 is 6.09 Å². The lowest BCUT2D eigenvalue weighted by atomic mass is 10.2. The van der Waals surface area contributed by atoms with Crippen LogP contribution in [0.2, 0.25) is 0 Å². The standard InChI is InChI=1S/C19H26F2N6O2/c1-12-9-15(25-24-12)22-14-10-13(17(20)21)11-16(23-14)26-5-7-27(8-6-26)18(28)29-19(2,3)4/h9-11,17H,5-8H2,1-4H3,(H2,22,23,24,25). The predicted molar refractivity (Wildman–Crippen MR) is 106 cm³/mol. The number of aromatic amines is 1. The van der Waals surface area contributed by atoms with Crippen LogP contribution in [0.3, 0.4) is 0 Å². The van der Waals surface area contributed by atoms with Gasteiger partial charge in [-0.05, 0) is 39.8 Å². The number of carbonyl (C=O) groups excluding carboxylic acids is 1. The highest BCUT2D eigenvalue weighted by Crippen LogP contribution is 2.28. The summed E-state index contributed by atoms with van der Waals surface area (Å²) in [4.78, 5) is 20.2. The van der Waals surface area contributed by atoms with Gasteiger partial charge in [-0.25, -0.2) is 18.6 Å². The predicted octanol–water partition coefficient (Wildman–Crippen LogP) is 3.85. The first kappa shape index (κ1) is 20.8. The summed E-state index contributed by atoms with van der Waals surface area (Å²) in [6.07, 6.45) is -3.00. The highest BCUT2D eigenvalue weighted by atomic mass is 19.3. The number of nitrogens with zero attached hydrogens (tertiary/aromatic N) is 4. The van der Waals surface area contributed by atoms with Crippen LogP contribution in [0.15, 0.2) is 18.2 Å². The number of hydrogen-bond donors (Lipinski definition) is 2. The van der Waals surface area contributed by atoms with Crippen molar-refractivity contribution in [2.75, 3.05) is 36.4 Å². The third kappa shape index (κ3) is 5.55. The third-order valence-electron chi connectivity index (χ3n) is 4.30. The Morgan fingerprint density at radius 2 is 1.86 bits per heavy atom. The zero-order valence-corrected chi connectivity index (χ0v) is 17.0. The molecule has 10 heteroatoms. The van der Waals surface area contributed by atoms with Gasteiger partial charge in [0.05, 0.1) is 0 Å². The Morgan fingerprint density at radius 3 is 2.41 bits per heavy atom. The summed E-state index contributed by atoms with van der Waals surface area (Å²) in [7, 11) is 0. The van der Waals surface area contributed by atoms with Crippen molar-refractivity contribution in [2.45, 2.75) is 39.7 Å². The SMILES string of the molecule is Cc1cc(Nc2cc(C(F)F)cc(N3CCN(C(=O)OC(C)(C)C)CC3)n2)n[nH]1. The van der Waals surface area contributed by atoms with Crippen molar-refractivity contribution in [3.05, 3.63) is 29.5 Å². The highest BCUT2D eigenvalue weighted by molar-refractivity contribution is 5.68. The van der Waals surface area contributed by atoms with Gasteiger partial charge in [0.2, 0.25) is 0 Å². The second kappa shape index (κ2) is 8.22. The molecule has 1 aliphatic heterocycles. The number of anilines is 3. The van der Waals surface area contributed by atoms with E-state index in [0.717, 1.165) is 5.69 Å². The summed E-state index contributed by atoms with van der Waals surface area (Å²) < 4.78 is 32.2. The molecule has 158 valence electrons. The first-order valence-corrected chi connectivity index (χ1v) is 9.43. The van der Waals surface area contributed by atoms with E-state index in [1.807, 2.05) is 32.6 Å². The summed E-state index contributed by atoms with van der Waals surface area (Å²) in [6.45, 7) is 9.09. The van der Waals surface area contributed by atoms with Crippen LogP contribution in [0.5, 0.6) is 0 Å². The molecule has 0 spiro atoms. The molecule has 1 aliphatic rings. The van der Waals surface area contributed by atoms with Crippen molar-refractivity contribution in [3.63, 3.8) is 0 Å². The van der Waals surface area contributed by atoms with Crippen LogP contribution in [0, 0.1) is 6.92 Å². The van der Waals surface area contributed by atoms with E-state index in [0.29, 0.717) is 43.6 Å². The number of ether oxygens (including phenoxy) is 1. The Kier molecular flexibility index (Phi) is 5.90. The number of nitrogens with one attached hydrogen (secondary N) is 2. The Bertz CT molecular complexity index is 857. The fourth-order valence-corrected chi connectivity index (χ4v) is 2.95. The maximum Gasteiger partial charge on any atom is 0.410 e. The molecule has 3 rings (SSSR count). The van der Waals surface area contributed by atoms with Crippen molar-refractivity contribution >= 4 is 23.5 Å². The zero-order valence-electron chi connectivity index (χ0n) is 17.0. The number of halogens is 2. The quantitative estimate of drug-likeness (QED) is 0.799. The van der Waals surface area contributed by atoms with Crippen molar-refractivity contribution in [3.8, 4) is 0 Å². The lowest BCUT2D eigenvalue weighted by molar-refractivity contribution is 0.0240. The van der Waals surface area contributed by atoms with E-state index in [1.54, 1.807) is 11.0 Å². The van der Waals surface area contributed by atoms with Crippen molar-refractivity contribution in [1.29, 1.82) is 0 Å². The second-order valence-corrected chi connectivity index (χ2v) is 7.96. The van der Waals surface area contributed by atoms with Crippen LogP contribution in [-0.4, -0.2) is 58.0 Å². The number of carbonyl (C=O) groups is 1. The number of hydrogen-bond acceptors (Lipinski definition) is 6. The first-order chi connectivity index (χ1) is 13.6. The highest BCUT2D eigenvalue weighted by Gasteiger charge is 2.27. The number of piperazine rings is 1. The Hall–Kier alpha value is -2.91. The van der Waals surface area contributed by atoms with Gasteiger partial charge in [0.25, 0.3) is 6.43 Å². The molecule has 0 aromatic carbocycles. The van der Waals surface area contributed by atoms with Gasteiger partial charge in [-0.15, -0.1) is 0 Å². The van der Waals surface area contributed by atoms with Crippen LogP contribution >= 0.6 is 0 Å². The number of aromatic nitrogens is 3. The molecule has 8 nitrogen and oxygen atoms in total. The van der Waals surface area contributed by atoms with E-state index >= 15 is 0 Å². The number of aryl methyl sites for hydroxylation is 1. The average molecular weight is 408 g/mol. The molecule has 29 heavy (non-hydrogen) atoms. The second-order valence-electron chi connectivity index (χ2n) is 7.96. The summed E-state index contributed by atoms with van der Waals surface area (Å²) in [5.74, 6) is 1.22.